The number of aliphatic hydroxyl groups is 2. The van der Waals surface area contributed by atoms with Crippen LogP contribution in [0.5, 0.6) is 0 Å². The van der Waals surface area contributed by atoms with Gasteiger partial charge in [-0.05, 0) is 37.0 Å². The fourth-order valence-corrected chi connectivity index (χ4v) is 3.91. The highest BCUT2D eigenvalue weighted by molar-refractivity contribution is 6.30. The van der Waals surface area contributed by atoms with E-state index < -0.39 is 11.7 Å². The monoisotopic (exact) mass is 366 g/mol. The molecule has 1 saturated carbocycles. The molecule has 6 heteroatoms. The number of nitrogens with zero attached hydrogens (tertiary/aromatic N) is 1. The molecule has 3 rings (SSSR count). The van der Waals surface area contributed by atoms with Crippen LogP contribution in [0.1, 0.15) is 37.7 Å². The minimum Gasteiger partial charge on any atom is -0.390 e. The third-order valence-corrected chi connectivity index (χ3v) is 5.68. The van der Waals surface area contributed by atoms with Crippen molar-refractivity contribution in [3.8, 4) is 0 Å². The van der Waals surface area contributed by atoms with Crippen molar-refractivity contribution in [1.82, 2.24) is 10.2 Å². The molecule has 0 aromatic heterocycles. The number of aliphatic hydroxyl groups excluding tert-OH is 1. The van der Waals surface area contributed by atoms with Gasteiger partial charge in [-0.15, -0.1) is 0 Å². The summed E-state index contributed by atoms with van der Waals surface area (Å²) in [5, 5.41) is 25.2. The predicted octanol–water partition coefficient (Wildman–Crippen LogP) is 1.74. The van der Waals surface area contributed by atoms with E-state index in [1.807, 2.05) is 12.1 Å². The molecule has 1 saturated heterocycles. The lowest BCUT2D eigenvalue weighted by Gasteiger charge is -2.43. The Balaban J connectivity index is 1.58. The van der Waals surface area contributed by atoms with E-state index in [9.17, 15) is 15.0 Å². The van der Waals surface area contributed by atoms with Crippen LogP contribution in [0.25, 0.3) is 0 Å². The fraction of sp³-hybridized carbons (Fsp3) is 0.632. The molecule has 0 unspecified atom stereocenters. The van der Waals surface area contributed by atoms with Crippen LogP contribution >= 0.6 is 11.6 Å². The molecule has 1 aromatic carbocycles. The average Bonchev–Trinajstić information content (AvgIpc) is 3.11. The Kier molecular flexibility index (Phi) is 6.00. The van der Waals surface area contributed by atoms with Crippen LogP contribution in [0.4, 0.5) is 0 Å². The van der Waals surface area contributed by atoms with Gasteiger partial charge in [-0.2, -0.15) is 0 Å². The number of hydrogen-bond donors (Lipinski definition) is 3. The van der Waals surface area contributed by atoms with E-state index in [2.05, 4.69) is 5.32 Å². The topological polar surface area (TPSA) is 72.8 Å². The van der Waals surface area contributed by atoms with E-state index in [-0.39, 0.29) is 18.9 Å². The molecule has 0 radical (unpaired) electrons. The standard InChI is InChI=1S/C19H27ClN2O3/c20-15-7-5-14(6-8-15)11-18(24)22-10-9-17(23)19(25,13-22)12-21-16-3-1-2-4-16/h5-8,16-17,21,23,25H,1-4,9-13H2/t17-,19+/m0/s1. The van der Waals surface area contributed by atoms with Crippen LogP contribution in [-0.2, 0) is 11.2 Å². The largest absolute Gasteiger partial charge is 0.390 e. The van der Waals surface area contributed by atoms with Gasteiger partial charge in [0.2, 0.25) is 5.91 Å². The minimum atomic E-state index is -1.28. The molecule has 1 aliphatic carbocycles. The Hall–Kier alpha value is -1.14. The van der Waals surface area contributed by atoms with Gasteiger partial charge in [-0.25, -0.2) is 0 Å². The Morgan fingerprint density at radius 2 is 1.92 bits per heavy atom. The van der Waals surface area contributed by atoms with Gasteiger partial charge in [0.25, 0.3) is 0 Å². The van der Waals surface area contributed by atoms with Gasteiger partial charge < -0.3 is 20.4 Å². The maximum atomic E-state index is 12.6. The first-order valence-corrected chi connectivity index (χ1v) is 9.50. The molecule has 2 atom stereocenters. The second kappa shape index (κ2) is 8.04. The number of halogens is 1. The van der Waals surface area contributed by atoms with Crippen molar-refractivity contribution in [2.24, 2.45) is 0 Å². The lowest BCUT2D eigenvalue weighted by atomic mass is 9.88. The number of likely N-dealkylation sites (tertiary alicyclic amines) is 1. The highest BCUT2D eigenvalue weighted by Crippen LogP contribution is 2.24. The van der Waals surface area contributed by atoms with E-state index >= 15 is 0 Å². The molecule has 2 aliphatic rings. The summed E-state index contributed by atoms with van der Waals surface area (Å²) in [4.78, 5) is 14.3. The summed E-state index contributed by atoms with van der Waals surface area (Å²) in [6.45, 7) is 0.962. The number of piperidine rings is 1. The first-order valence-electron chi connectivity index (χ1n) is 9.12. The van der Waals surface area contributed by atoms with Crippen molar-refractivity contribution >= 4 is 17.5 Å². The van der Waals surface area contributed by atoms with Crippen LogP contribution in [0, 0.1) is 0 Å². The van der Waals surface area contributed by atoms with Crippen molar-refractivity contribution in [2.75, 3.05) is 19.6 Å². The molecule has 0 bridgehead atoms. The van der Waals surface area contributed by atoms with Crippen LogP contribution in [0.3, 0.4) is 0 Å². The zero-order valence-electron chi connectivity index (χ0n) is 14.5. The predicted molar refractivity (Wildman–Crippen MR) is 97.6 cm³/mol. The first kappa shape index (κ1) is 18.6. The molecule has 1 aliphatic heterocycles. The zero-order valence-corrected chi connectivity index (χ0v) is 15.2. The lowest BCUT2D eigenvalue weighted by Crippen LogP contribution is -2.63. The fourth-order valence-electron chi connectivity index (χ4n) is 3.79. The van der Waals surface area contributed by atoms with Crippen LogP contribution in [0.15, 0.2) is 24.3 Å². The number of carbonyl (C=O) groups excluding carboxylic acids is 1. The van der Waals surface area contributed by atoms with Gasteiger partial charge in [-0.3, -0.25) is 4.79 Å². The summed E-state index contributed by atoms with van der Waals surface area (Å²) in [6.07, 6.45) is 4.53. The van der Waals surface area contributed by atoms with Gasteiger partial charge >= 0.3 is 0 Å². The smallest absolute Gasteiger partial charge is 0.227 e. The van der Waals surface area contributed by atoms with Crippen molar-refractivity contribution in [1.29, 1.82) is 0 Å². The quantitative estimate of drug-likeness (QED) is 0.742. The Morgan fingerprint density at radius 3 is 2.60 bits per heavy atom. The normalized spacial score (nSPS) is 27.6. The highest BCUT2D eigenvalue weighted by atomic mass is 35.5. The third-order valence-electron chi connectivity index (χ3n) is 5.43. The molecular weight excluding hydrogens is 340 g/mol. The van der Waals surface area contributed by atoms with E-state index in [0.29, 0.717) is 30.6 Å². The van der Waals surface area contributed by atoms with Crippen LogP contribution in [-0.4, -0.2) is 58.4 Å². The molecule has 1 heterocycles. The third kappa shape index (κ3) is 4.73. The molecule has 1 aromatic rings. The molecule has 1 amide bonds. The van der Waals surface area contributed by atoms with Crippen molar-refractivity contribution < 1.29 is 15.0 Å². The number of rotatable bonds is 5. The first-order chi connectivity index (χ1) is 12.0. The molecule has 5 nitrogen and oxygen atoms in total. The van der Waals surface area contributed by atoms with E-state index in [1.54, 1.807) is 17.0 Å². The van der Waals surface area contributed by atoms with Gasteiger partial charge in [0.05, 0.1) is 19.1 Å². The summed E-state index contributed by atoms with van der Waals surface area (Å²) >= 11 is 5.88. The van der Waals surface area contributed by atoms with Crippen LogP contribution < -0.4 is 5.32 Å². The van der Waals surface area contributed by atoms with Crippen molar-refractivity contribution in [3.63, 3.8) is 0 Å². The minimum absolute atomic E-state index is 0.0338. The van der Waals surface area contributed by atoms with Gasteiger partial charge in [0.1, 0.15) is 5.60 Å². The van der Waals surface area contributed by atoms with E-state index in [4.69, 9.17) is 11.6 Å². The molecule has 0 spiro atoms. The van der Waals surface area contributed by atoms with Gasteiger partial charge in [0, 0.05) is 24.2 Å². The average molecular weight is 367 g/mol. The summed E-state index contributed by atoms with van der Waals surface area (Å²) in [6, 6.07) is 7.63. The number of nitrogens with one attached hydrogen (secondary N) is 1. The number of β-amino-alcohol motifs (C(OH)–C–C–N with tert-alkyl or cyclic N) is 1. The number of carbonyl (C=O) groups is 1. The molecule has 2 fully saturated rings. The summed E-state index contributed by atoms with van der Waals surface area (Å²) in [5.41, 5.74) is -0.385. The van der Waals surface area contributed by atoms with E-state index in [1.165, 1.54) is 12.8 Å². The maximum absolute atomic E-state index is 12.6. The molecule has 3 N–H and O–H groups in total. The number of benzene rings is 1. The lowest BCUT2D eigenvalue weighted by molar-refractivity contribution is -0.150. The summed E-state index contributed by atoms with van der Waals surface area (Å²) < 4.78 is 0. The van der Waals surface area contributed by atoms with Gasteiger partial charge in [0.15, 0.2) is 0 Å². The Bertz CT molecular complexity index is 589. The number of hydrogen-bond acceptors (Lipinski definition) is 4. The van der Waals surface area contributed by atoms with Crippen LogP contribution in [0.2, 0.25) is 5.02 Å². The molecule has 25 heavy (non-hydrogen) atoms. The van der Waals surface area contributed by atoms with Crippen molar-refractivity contribution in [2.45, 2.75) is 56.3 Å². The molecule has 138 valence electrons. The zero-order chi connectivity index (χ0) is 17.9. The second-order valence-corrected chi connectivity index (χ2v) is 7.83. The highest BCUT2D eigenvalue weighted by Gasteiger charge is 2.42. The maximum Gasteiger partial charge on any atom is 0.227 e. The number of amides is 1. The van der Waals surface area contributed by atoms with E-state index in [0.717, 1.165) is 18.4 Å². The van der Waals surface area contributed by atoms with Crippen molar-refractivity contribution in [3.05, 3.63) is 34.9 Å². The summed E-state index contributed by atoms with van der Waals surface area (Å²) in [7, 11) is 0. The Morgan fingerprint density at radius 1 is 1.24 bits per heavy atom. The summed E-state index contributed by atoms with van der Waals surface area (Å²) in [5.74, 6) is -0.0338. The Labute approximate surface area is 154 Å². The second-order valence-electron chi connectivity index (χ2n) is 7.39. The SMILES string of the molecule is O=C(Cc1ccc(Cl)cc1)N1CC[C@H](O)[C@@](O)(CNC2CCCC2)C1. The molecular formula is C19H27ClN2O3. The van der Waals surface area contributed by atoms with Gasteiger partial charge in [-0.1, -0.05) is 36.6 Å².